The van der Waals surface area contributed by atoms with Crippen LogP contribution in [-0.2, 0) is 11.8 Å². The van der Waals surface area contributed by atoms with Gasteiger partial charge in [0, 0.05) is 0 Å². The minimum absolute atomic E-state index is 0.310. The summed E-state index contributed by atoms with van der Waals surface area (Å²) in [6, 6.07) is 26.2. The molecule has 0 fully saturated rings. The van der Waals surface area contributed by atoms with Gasteiger partial charge in [-0.05, 0) is 73.7 Å². The maximum atomic E-state index is 5.95. The molecule has 0 aliphatic rings. The first-order valence-electron chi connectivity index (χ1n) is 10.3. The van der Waals surface area contributed by atoms with Crippen LogP contribution in [0.5, 0.6) is 17.2 Å². The summed E-state index contributed by atoms with van der Waals surface area (Å²) >= 11 is 0. The van der Waals surface area contributed by atoms with E-state index in [1.54, 1.807) is 6.08 Å². The fourth-order valence-corrected chi connectivity index (χ4v) is 3.41. The molecule has 0 radical (unpaired) electrons. The number of rotatable bonds is 10. The molecule has 0 saturated heterocycles. The molecule has 30 heavy (non-hydrogen) atoms. The Hall–Kier alpha value is -3.44. The molecule has 2 nitrogen and oxygen atoms in total. The lowest BCUT2D eigenvalue weighted by Gasteiger charge is -2.24. The summed E-state index contributed by atoms with van der Waals surface area (Å²) < 4.78 is 11.5. The van der Waals surface area contributed by atoms with Crippen molar-refractivity contribution in [3.8, 4) is 29.6 Å². The Morgan fingerprint density at radius 1 is 0.933 bits per heavy atom. The van der Waals surface area contributed by atoms with Crippen molar-refractivity contribution in [2.75, 3.05) is 6.61 Å². The SMILES string of the molecule is C#CC(C)(CCCc1cccc(Oc2ccccc2)c1)c1ccc(OCC=C)cc1. The summed E-state index contributed by atoms with van der Waals surface area (Å²) in [5.74, 6) is 5.53. The Labute approximate surface area is 180 Å². The second-order valence-electron chi connectivity index (χ2n) is 7.52. The Bertz CT molecular complexity index is 983. The number of hydrogen-bond acceptors (Lipinski definition) is 2. The van der Waals surface area contributed by atoms with Gasteiger partial charge in [0.2, 0.25) is 0 Å². The van der Waals surface area contributed by atoms with Crippen molar-refractivity contribution in [3.63, 3.8) is 0 Å². The standard InChI is InChI=1S/C28H28O2/c1-4-21-29-25-18-16-24(17-19-25)28(3,5-2)20-10-12-23-11-9-15-27(22-23)30-26-13-7-6-8-14-26/h2,4,6-9,11,13-19,22H,1,10,12,20-21H2,3H3. The zero-order chi connectivity index (χ0) is 21.2. The highest BCUT2D eigenvalue weighted by Gasteiger charge is 2.23. The third-order valence-corrected chi connectivity index (χ3v) is 5.20. The lowest BCUT2D eigenvalue weighted by Crippen LogP contribution is -2.19. The van der Waals surface area contributed by atoms with Crippen molar-refractivity contribution in [2.24, 2.45) is 0 Å². The van der Waals surface area contributed by atoms with E-state index in [1.165, 1.54) is 5.56 Å². The third kappa shape index (κ3) is 5.78. The monoisotopic (exact) mass is 396 g/mol. The summed E-state index contributed by atoms with van der Waals surface area (Å²) in [5, 5.41) is 0. The molecular weight excluding hydrogens is 368 g/mol. The second kappa shape index (κ2) is 10.4. The second-order valence-corrected chi connectivity index (χ2v) is 7.52. The summed E-state index contributed by atoms with van der Waals surface area (Å²) in [7, 11) is 0. The Morgan fingerprint density at radius 3 is 2.37 bits per heavy atom. The molecule has 1 unspecified atom stereocenters. The molecule has 0 heterocycles. The fraction of sp³-hybridized carbons (Fsp3) is 0.214. The topological polar surface area (TPSA) is 18.5 Å². The van der Waals surface area contributed by atoms with Crippen LogP contribution < -0.4 is 9.47 Å². The highest BCUT2D eigenvalue weighted by atomic mass is 16.5. The first-order valence-corrected chi connectivity index (χ1v) is 10.3. The quantitative estimate of drug-likeness (QED) is 0.272. The van der Waals surface area contributed by atoms with Crippen LogP contribution >= 0.6 is 0 Å². The molecule has 2 heteroatoms. The number of ether oxygens (including phenoxy) is 2. The zero-order valence-electron chi connectivity index (χ0n) is 17.5. The van der Waals surface area contributed by atoms with E-state index in [2.05, 4.69) is 43.7 Å². The van der Waals surface area contributed by atoms with Gasteiger partial charge in [-0.25, -0.2) is 0 Å². The number of terminal acetylenes is 1. The van der Waals surface area contributed by atoms with Gasteiger partial charge in [-0.2, -0.15) is 0 Å². The maximum Gasteiger partial charge on any atom is 0.127 e. The lowest BCUT2D eigenvalue weighted by atomic mass is 9.78. The van der Waals surface area contributed by atoms with E-state index in [0.717, 1.165) is 42.1 Å². The zero-order valence-corrected chi connectivity index (χ0v) is 17.5. The van der Waals surface area contributed by atoms with Gasteiger partial charge in [0.15, 0.2) is 0 Å². The summed E-state index contributed by atoms with van der Waals surface area (Å²) in [6.45, 7) is 6.30. The smallest absolute Gasteiger partial charge is 0.127 e. The van der Waals surface area contributed by atoms with E-state index in [1.807, 2.05) is 54.6 Å². The molecule has 0 spiro atoms. The minimum Gasteiger partial charge on any atom is -0.490 e. The molecule has 3 rings (SSSR count). The predicted octanol–water partition coefficient (Wildman–Crippen LogP) is 6.96. The molecule has 3 aromatic carbocycles. The molecule has 0 N–H and O–H groups in total. The van der Waals surface area contributed by atoms with Crippen LogP contribution in [0, 0.1) is 12.3 Å². The highest BCUT2D eigenvalue weighted by molar-refractivity contribution is 5.38. The van der Waals surface area contributed by atoms with E-state index >= 15 is 0 Å². The van der Waals surface area contributed by atoms with Crippen LogP contribution in [0.25, 0.3) is 0 Å². The largest absolute Gasteiger partial charge is 0.490 e. The molecule has 0 saturated carbocycles. The van der Waals surface area contributed by atoms with Crippen LogP contribution in [0.2, 0.25) is 0 Å². The molecule has 0 aromatic heterocycles. The Kier molecular flexibility index (Phi) is 7.35. The molecule has 0 bridgehead atoms. The van der Waals surface area contributed by atoms with Crippen LogP contribution in [0.15, 0.2) is 91.5 Å². The molecule has 1 atom stereocenters. The van der Waals surface area contributed by atoms with Gasteiger partial charge >= 0.3 is 0 Å². The summed E-state index contributed by atoms with van der Waals surface area (Å²) in [4.78, 5) is 0. The minimum atomic E-state index is -0.310. The van der Waals surface area contributed by atoms with Crippen LogP contribution in [-0.4, -0.2) is 6.61 Å². The number of benzene rings is 3. The van der Waals surface area contributed by atoms with Crippen molar-refractivity contribution >= 4 is 0 Å². The van der Waals surface area contributed by atoms with Gasteiger partial charge < -0.3 is 9.47 Å². The molecule has 0 aliphatic carbocycles. The van der Waals surface area contributed by atoms with E-state index in [4.69, 9.17) is 15.9 Å². The van der Waals surface area contributed by atoms with Gasteiger partial charge in [-0.1, -0.05) is 61.0 Å². The maximum absolute atomic E-state index is 5.95. The van der Waals surface area contributed by atoms with E-state index < -0.39 is 0 Å². The van der Waals surface area contributed by atoms with Gasteiger partial charge in [0.1, 0.15) is 23.9 Å². The average Bonchev–Trinajstić information content (AvgIpc) is 2.79. The summed E-state index contributed by atoms with van der Waals surface area (Å²) in [5.41, 5.74) is 2.07. The first kappa shape index (κ1) is 21.3. The number of aryl methyl sites for hydroxylation is 1. The molecule has 152 valence electrons. The third-order valence-electron chi connectivity index (χ3n) is 5.20. The van der Waals surface area contributed by atoms with Crippen molar-refractivity contribution in [1.29, 1.82) is 0 Å². The first-order chi connectivity index (χ1) is 14.6. The van der Waals surface area contributed by atoms with Crippen molar-refractivity contribution < 1.29 is 9.47 Å². The number of para-hydroxylation sites is 1. The van der Waals surface area contributed by atoms with Crippen LogP contribution in [0.4, 0.5) is 0 Å². The molecule has 3 aromatic rings. The fourth-order valence-electron chi connectivity index (χ4n) is 3.41. The normalized spacial score (nSPS) is 12.4. The van der Waals surface area contributed by atoms with E-state index in [-0.39, 0.29) is 5.41 Å². The highest BCUT2D eigenvalue weighted by Crippen LogP contribution is 2.31. The molecule has 0 aliphatic heterocycles. The van der Waals surface area contributed by atoms with Crippen LogP contribution in [0.3, 0.4) is 0 Å². The van der Waals surface area contributed by atoms with Gasteiger partial charge in [0.25, 0.3) is 0 Å². The Morgan fingerprint density at radius 2 is 1.67 bits per heavy atom. The van der Waals surface area contributed by atoms with Gasteiger partial charge in [-0.3, -0.25) is 0 Å². The van der Waals surface area contributed by atoms with Crippen molar-refractivity contribution in [1.82, 2.24) is 0 Å². The number of hydrogen-bond donors (Lipinski definition) is 0. The van der Waals surface area contributed by atoms with Crippen LogP contribution in [0.1, 0.15) is 30.9 Å². The molecule has 0 amide bonds. The molecular formula is C28H28O2. The predicted molar refractivity (Wildman–Crippen MR) is 124 cm³/mol. The van der Waals surface area contributed by atoms with E-state index in [0.29, 0.717) is 6.61 Å². The van der Waals surface area contributed by atoms with Gasteiger partial charge in [0.05, 0.1) is 5.41 Å². The van der Waals surface area contributed by atoms with E-state index in [9.17, 15) is 0 Å². The average molecular weight is 397 g/mol. The van der Waals surface area contributed by atoms with Gasteiger partial charge in [-0.15, -0.1) is 6.42 Å². The Balaban J connectivity index is 1.59. The summed E-state index contributed by atoms with van der Waals surface area (Å²) in [6.07, 6.45) is 10.5. The lowest BCUT2D eigenvalue weighted by molar-refractivity contribution is 0.363. The van der Waals surface area contributed by atoms with Crippen molar-refractivity contribution in [3.05, 3.63) is 103 Å². The van der Waals surface area contributed by atoms with Crippen molar-refractivity contribution in [2.45, 2.75) is 31.6 Å².